The van der Waals surface area contributed by atoms with Crippen LogP contribution in [0, 0.1) is 0 Å². The number of nitrogens with two attached hydrogens (primary N) is 1. The van der Waals surface area contributed by atoms with Gasteiger partial charge in [-0.2, -0.15) is 11.8 Å². The fourth-order valence-corrected chi connectivity index (χ4v) is 2.85. The molecule has 0 aromatic heterocycles. The molecule has 19 heavy (non-hydrogen) atoms. The molecule has 1 rings (SSSR count). The van der Waals surface area contributed by atoms with Crippen molar-refractivity contribution in [2.45, 2.75) is 38.8 Å². The summed E-state index contributed by atoms with van der Waals surface area (Å²) in [4.78, 5) is 2.32. The zero-order valence-electron chi connectivity index (χ0n) is 12.3. The Labute approximate surface area is 126 Å². The molecular weight excluding hydrogens is 276 g/mol. The number of hydrogen-bond acceptors (Lipinski definition) is 3. The number of nitrogens with zero attached hydrogens (tertiary/aromatic N) is 1. The lowest BCUT2D eigenvalue weighted by Crippen LogP contribution is -2.31. The van der Waals surface area contributed by atoms with Gasteiger partial charge >= 0.3 is 0 Å². The van der Waals surface area contributed by atoms with Crippen LogP contribution >= 0.6 is 23.4 Å². The second-order valence-electron chi connectivity index (χ2n) is 5.20. The molecule has 0 fully saturated rings. The van der Waals surface area contributed by atoms with Gasteiger partial charge in [-0.3, -0.25) is 0 Å². The minimum absolute atomic E-state index is 0.162. The van der Waals surface area contributed by atoms with Crippen LogP contribution < -0.4 is 10.6 Å². The van der Waals surface area contributed by atoms with E-state index in [1.54, 1.807) is 0 Å². The summed E-state index contributed by atoms with van der Waals surface area (Å²) in [5.41, 5.74) is 8.42. The molecule has 1 aromatic carbocycles. The van der Waals surface area contributed by atoms with Crippen molar-refractivity contribution in [1.82, 2.24) is 0 Å². The van der Waals surface area contributed by atoms with E-state index in [0.717, 1.165) is 11.4 Å². The highest BCUT2D eigenvalue weighted by Crippen LogP contribution is 2.27. The molecule has 0 heterocycles. The first kappa shape index (κ1) is 16.7. The summed E-state index contributed by atoms with van der Waals surface area (Å²) in [5.74, 6) is 1.18. The number of rotatable bonds is 7. The van der Waals surface area contributed by atoms with Crippen LogP contribution in [0.5, 0.6) is 0 Å². The lowest BCUT2D eigenvalue weighted by Gasteiger charge is -2.29. The van der Waals surface area contributed by atoms with E-state index in [9.17, 15) is 0 Å². The standard InChI is InChI=1S/C15H25ClN2S/c1-11(17)9-13-5-6-14(16)10-15(13)18(3)12(2)7-8-19-4/h5-6,10-12H,7-9,17H2,1-4H3. The molecule has 1 aromatic rings. The van der Waals surface area contributed by atoms with E-state index in [0.29, 0.717) is 6.04 Å². The van der Waals surface area contributed by atoms with E-state index in [4.69, 9.17) is 17.3 Å². The lowest BCUT2D eigenvalue weighted by atomic mass is 10.0. The summed E-state index contributed by atoms with van der Waals surface area (Å²) in [6.07, 6.45) is 4.20. The Bertz CT molecular complexity index is 396. The number of thioether (sulfide) groups is 1. The molecule has 0 aliphatic heterocycles. The zero-order chi connectivity index (χ0) is 14.4. The average molecular weight is 301 g/mol. The van der Waals surface area contributed by atoms with Gasteiger partial charge in [0, 0.05) is 29.8 Å². The Balaban J connectivity index is 2.92. The Kier molecular flexibility index (Phi) is 7.05. The van der Waals surface area contributed by atoms with Gasteiger partial charge in [0.15, 0.2) is 0 Å². The van der Waals surface area contributed by atoms with Crippen LogP contribution in [0.3, 0.4) is 0 Å². The van der Waals surface area contributed by atoms with Crippen LogP contribution in [0.25, 0.3) is 0 Å². The SMILES string of the molecule is CSCCC(C)N(C)c1cc(Cl)ccc1CC(C)N. The van der Waals surface area contributed by atoms with Crippen LogP contribution in [-0.4, -0.2) is 31.1 Å². The van der Waals surface area contributed by atoms with Gasteiger partial charge < -0.3 is 10.6 Å². The van der Waals surface area contributed by atoms with Crippen LogP contribution in [0.1, 0.15) is 25.8 Å². The van der Waals surface area contributed by atoms with Crippen molar-refractivity contribution in [3.05, 3.63) is 28.8 Å². The fourth-order valence-electron chi connectivity index (χ4n) is 2.10. The Morgan fingerprint density at radius 2 is 2.05 bits per heavy atom. The predicted octanol–water partition coefficient (Wildman–Crippen LogP) is 3.81. The van der Waals surface area contributed by atoms with Gasteiger partial charge in [0.25, 0.3) is 0 Å². The van der Waals surface area contributed by atoms with Crippen LogP contribution in [0.2, 0.25) is 5.02 Å². The molecule has 2 atom stereocenters. The van der Waals surface area contributed by atoms with Crippen molar-refractivity contribution in [2.75, 3.05) is 24.0 Å². The van der Waals surface area contributed by atoms with Gasteiger partial charge in [-0.25, -0.2) is 0 Å². The fraction of sp³-hybridized carbons (Fsp3) is 0.600. The summed E-state index contributed by atoms with van der Waals surface area (Å²) >= 11 is 8.03. The van der Waals surface area contributed by atoms with E-state index >= 15 is 0 Å². The quantitative estimate of drug-likeness (QED) is 0.830. The predicted molar refractivity (Wildman–Crippen MR) is 89.7 cm³/mol. The minimum atomic E-state index is 0.162. The molecule has 4 heteroatoms. The van der Waals surface area contributed by atoms with Crippen molar-refractivity contribution in [2.24, 2.45) is 5.73 Å². The Morgan fingerprint density at radius 1 is 1.37 bits per heavy atom. The van der Waals surface area contributed by atoms with Gasteiger partial charge in [0.1, 0.15) is 0 Å². The zero-order valence-corrected chi connectivity index (χ0v) is 13.9. The summed E-state index contributed by atoms with van der Waals surface area (Å²) in [7, 11) is 2.14. The summed E-state index contributed by atoms with van der Waals surface area (Å²) in [6.45, 7) is 4.29. The summed E-state index contributed by atoms with van der Waals surface area (Å²) in [6, 6.07) is 6.75. The van der Waals surface area contributed by atoms with E-state index < -0.39 is 0 Å². The summed E-state index contributed by atoms with van der Waals surface area (Å²) < 4.78 is 0. The molecule has 0 spiro atoms. The number of halogens is 1. The van der Waals surface area contributed by atoms with Crippen molar-refractivity contribution in [3.8, 4) is 0 Å². The first-order valence-corrected chi connectivity index (χ1v) is 8.48. The monoisotopic (exact) mass is 300 g/mol. The Morgan fingerprint density at radius 3 is 2.63 bits per heavy atom. The van der Waals surface area contributed by atoms with E-state index in [-0.39, 0.29) is 6.04 Å². The molecular formula is C15H25ClN2S. The topological polar surface area (TPSA) is 29.3 Å². The highest BCUT2D eigenvalue weighted by atomic mass is 35.5. The Hall–Kier alpha value is -0.380. The number of benzene rings is 1. The van der Waals surface area contributed by atoms with Crippen LogP contribution in [0.15, 0.2) is 18.2 Å². The molecule has 2 nitrogen and oxygen atoms in total. The molecule has 0 aliphatic carbocycles. The molecule has 0 aliphatic rings. The third kappa shape index (κ3) is 5.25. The largest absolute Gasteiger partial charge is 0.372 e. The van der Waals surface area contributed by atoms with E-state index in [1.165, 1.54) is 23.4 Å². The average Bonchev–Trinajstić information content (AvgIpc) is 2.36. The number of hydrogen-bond donors (Lipinski definition) is 1. The summed E-state index contributed by atoms with van der Waals surface area (Å²) in [5, 5.41) is 0.785. The maximum absolute atomic E-state index is 6.14. The maximum atomic E-state index is 6.14. The first-order valence-electron chi connectivity index (χ1n) is 6.71. The lowest BCUT2D eigenvalue weighted by molar-refractivity contribution is 0.661. The minimum Gasteiger partial charge on any atom is -0.372 e. The van der Waals surface area contributed by atoms with Gasteiger partial charge in [-0.05, 0) is 56.4 Å². The van der Waals surface area contributed by atoms with Gasteiger partial charge in [-0.1, -0.05) is 17.7 Å². The van der Waals surface area contributed by atoms with Crippen molar-refractivity contribution in [1.29, 1.82) is 0 Å². The molecule has 2 N–H and O–H groups in total. The molecule has 108 valence electrons. The molecule has 0 saturated heterocycles. The third-order valence-electron chi connectivity index (χ3n) is 3.37. The van der Waals surface area contributed by atoms with E-state index in [2.05, 4.69) is 37.3 Å². The first-order chi connectivity index (χ1) is 8.95. The van der Waals surface area contributed by atoms with Crippen LogP contribution in [-0.2, 0) is 6.42 Å². The van der Waals surface area contributed by atoms with Gasteiger partial charge in [0.05, 0.1) is 0 Å². The van der Waals surface area contributed by atoms with Crippen molar-refractivity contribution < 1.29 is 0 Å². The highest BCUT2D eigenvalue weighted by Gasteiger charge is 2.14. The molecule has 0 radical (unpaired) electrons. The van der Waals surface area contributed by atoms with Gasteiger partial charge in [-0.15, -0.1) is 0 Å². The van der Waals surface area contributed by atoms with Crippen LogP contribution in [0.4, 0.5) is 5.69 Å². The molecule has 2 unspecified atom stereocenters. The number of anilines is 1. The molecule has 0 amide bonds. The normalized spacial score (nSPS) is 14.2. The van der Waals surface area contributed by atoms with Crippen molar-refractivity contribution in [3.63, 3.8) is 0 Å². The second-order valence-corrected chi connectivity index (χ2v) is 6.62. The second kappa shape index (κ2) is 8.03. The molecule has 0 saturated carbocycles. The smallest absolute Gasteiger partial charge is 0.0426 e. The van der Waals surface area contributed by atoms with Gasteiger partial charge in [0.2, 0.25) is 0 Å². The maximum Gasteiger partial charge on any atom is 0.0426 e. The molecule has 0 bridgehead atoms. The highest BCUT2D eigenvalue weighted by molar-refractivity contribution is 7.98. The third-order valence-corrected chi connectivity index (χ3v) is 4.25. The van der Waals surface area contributed by atoms with Crippen molar-refractivity contribution >= 4 is 29.1 Å². The van der Waals surface area contributed by atoms with E-state index in [1.807, 2.05) is 24.8 Å².